The zero-order valence-electron chi connectivity index (χ0n) is 21.5. The van der Waals surface area contributed by atoms with Crippen LogP contribution < -0.4 is 39.1 Å². The summed E-state index contributed by atoms with van der Waals surface area (Å²) in [6.45, 7) is 11.3. The summed E-state index contributed by atoms with van der Waals surface area (Å²) >= 11 is 0. The van der Waals surface area contributed by atoms with E-state index in [9.17, 15) is 14.4 Å². The fraction of sp³-hybridized carbons (Fsp3) is 0.682. The maximum absolute atomic E-state index is 12.5. The molecule has 0 spiro atoms. The Labute approximate surface area is 204 Å². The van der Waals surface area contributed by atoms with E-state index in [0.29, 0.717) is 43.9 Å². The summed E-state index contributed by atoms with van der Waals surface area (Å²) in [7, 11) is 0. The van der Waals surface area contributed by atoms with Gasteiger partial charge in [-0.05, 0) is 20.3 Å². The van der Waals surface area contributed by atoms with E-state index in [4.69, 9.17) is 23.2 Å². The SMILES string of the molecule is CC.CCC(=O)NC(CCC(=O)NCC/C(=C/N)N(N)CC)C(=O)NCC/C(N)=C/N(N)CC. The smallest absolute Gasteiger partial charge is 0.242 e. The van der Waals surface area contributed by atoms with Crippen LogP contribution >= 0.6 is 0 Å². The van der Waals surface area contributed by atoms with E-state index < -0.39 is 6.04 Å². The van der Waals surface area contributed by atoms with Crippen molar-refractivity contribution in [2.45, 2.75) is 72.8 Å². The molecular formula is C22H47N9O3. The van der Waals surface area contributed by atoms with E-state index in [1.807, 2.05) is 27.7 Å². The van der Waals surface area contributed by atoms with Crippen LogP contribution in [0.4, 0.5) is 0 Å². The summed E-state index contributed by atoms with van der Waals surface area (Å²) in [6, 6.07) is -0.820. The number of hydrogen-bond acceptors (Lipinski definition) is 9. The first-order valence-corrected chi connectivity index (χ1v) is 11.9. The molecule has 12 heteroatoms. The molecule has 1 unspecified atom stereocenters. The Balaban J connectivity index is 0. The van der Waals surface area contributed by atoms with Crippen LogP contribution in [-0.2, 0) is 14.4 Å². The Morgan fingerprint density at radius 1 is 0.912 bits per heavy atom. The lowest BCUT2D eigenvalue weighted by Gasteiger charge is -2.20. The van der Waals surface area contributed by atoms with Gasteiger partial charge in [0.1, 0.15) is 6.04 Å². The second-order valence-corrected chi connectivity index (χ2v) is 7.13. The lowest BCUT2D eigenvalue weighted by Crippen LogP contribution is -2.47. The summed E-state index contributed by atoms with van der Waals surface area (Å²) in [5.74, 6) is 10.6. The van der Waals surface area contributed by atoms with Crippen LogP contribution in [0.5, 0.6) is 0 Å². The predicted octanol–water partition coefficient (Wildman–Crippen LogP) is -0.308. The van der Waals surface area contributed by atoms with Crippen molar-refractivity contribution in [1.82, 2.24) is 26.0 Å². The highest BCUT2D eigenvalue weighted by Crippen LogP contribution is 2.03. The average Bonchev–Trinajstić information content (AvgIpc) is 2.84. The summed E-state index contributed by atoms with van der Waals surface area (Å²) in [4.78, 5) is 36.5. The first-order chi connectivity index (χ1) is 16.2. The van der Waals surface area contributed by atoms with E-state index in [-0.39, 0.29) is 43.5 Å². The number of nitrogens with two attached hydrogens (primary N) is 4. The van der Waals surface area contributed by atoms with Crippen LogP contribution in [0.2, 0.25) is 0 Å². The molecule has 0 saturated carbocycles. The second-order valence-electron chi connectivity index (χ2n) is 7.13. The molecule has 0 aliphatic heterocycles. The highest BCUT2D eigenvalue weighted by atomic mass is 16.2. The van der Waals surface area contributed by atoms with Crippen molar-refractivity contribution < 1.29 is 14.4 Å². The van der Waals surface area contributed by atoms with Crippen LogP contribution in [0, 0.1) is 0 Å². The lowest BCUT2D eigenvalue weighted by atomic mass is 10.1. The van der Waals surface area contributed by atoms with Gasteiger partial charge < -0.3 is 37.4 Å². The molecule has 11 N–H and O–H groups in total. The quantitative estimate of drug-likeness (QED) is 0.113. The highest BCUT2D eigenvalue weighted by molar-refractivity contribution is 5.88. The Bertz CT molecular complexity index is 654. The van der Waals surface area contributed by atoms with E-state index in [1.54, 1.807) is 13.1 Å². The fourth-order valence-electron chi connectivity index (χ4n) is 2.61. The van der Waals surface area contributed by atoms with E-state index in [0.717, 1.165) is 0 Å². The van der Waals surface area contributed by atoms with Gasteiger partial charge in [0.05, 0.1) is 0 Å². The average molecular weight is 486 g/mol. The molecule has 0 aliphatic carbocycles. The Morgan fingerprint density at radius 3 is 2.06 bits per heavy atom. The molecule has 0 fully saturated rings. The van der Waals surface area contributed by atoms with E-state index >= 15 is 0 Å². The standard InChI is InChI=1S/C20H41N9O3.C2H6/c1-4-18(30)27-17(20(32)26-11-9-15(22)14-28(23)5-2)7-8-19(31)25-12-10-16(13-21)29(24)6-3;1-2/h13-14,17H,4-12,21-24H2,1-3H3,(H,25,31)(H,26,32)(H,27,30);1-2H3/b15-14-,16-13-;. The Kier molecular flexibility index (Phi) is 20.1. The van der Waals surface area contributed by atoms with Crippen molar-refractivity contribution >= 4 is 17.7 Å². The largest absolute Gasteiger partial charge is 0.403 e. The zero-order chi connectivity index (χ0) is 26.5. The van der Waals surface area contributed by atoms with Gasteiger partial charge in [0.2, 0.25) is 17.7 Å². The monoisotopic (exact) mass is 485 g/mol. The number of carbonyl (C=O) groups excluding carboxylic acids is 3. The minimum absolute atomic E-state index is 0.0740. The van der Waals surface area contributed by atoms with Crippen LogP contribution in [0.1, 0.15) is 66.7 Å². The lowest BCUT2D eigenvalue weighted by molar-refractivity contribution is -0.129. The maximum Gasteiger partial charge on any atom is 0.242 e. The molecule has 0 aromatic carbocycles. The molecule has 12 nitrogen and oxygen atoms in total. The number of carbonyl (C=O) groups is 3. The number of nitrogens with zero attached hydrogens (tertiary/aromatic N) is 2. The second kappa shape index (κ2) is 20.6. The van der Waals surface area contributed by atoms with Crippen LogP contribution in [0.3, 0.4) is 0 Å². The van der Waals surface area contributed by atoms with Crippen molar-refractivity contribution in [2.75, 3.05) is 26.2 Å². The fourth-order valence-corrected chi connectivity index (χ4v) is 2.61. The van der Waals surface area contributed by atoms with Gasteiger partial charge in [0.25, 0.3) is 0 Å². The van der Waals surface area contributed by atoms with Gasteiger partial charge in [0.15, 0.2) is 0 Å². The third-order valence-electron chi connectivity index (χ3n) is 4.65. The maximum atomic E-state index is 12.5. The molecule has 1 atom stereocenters. The molecule has 0 saturated heterocycles. The third kappa shape index (κ3) is 15.8. The van der Waals surface area contributed by atoms with Gasteiger partial charge in [-0.1, -0.05) is 20.8 Å². The van der Waals surface area contributed by atoms with Crippen molar-refractivity contribution in [3.05, 3.63) is 23.8 Å². The van der Waals surface area contributed by atoms with Gasteiger partial charge in [0, 0.05) is 75.7 Å². The number of amides is 3. The number of nitrogens with one attached hydrogen (secondary N) is 3. The molecule has 0 heterocycles. The van der Waals surface area contributed by atoms with Gasteiger partial charge in [-0.3, -0.25) is 14.4 Å². The molecule has 0 aliphatic rings. The number of hydrazine groups is 2. The minimum atomic E-state index is -0.820. The van der Waals surface area contributed by atoms with Crippen molar-refractivity contribution in [3.8, 4) is 0 Å². The predicted molar refractivity (Wildman–Crippen MR) is 136 cm³/mol. The molecule has 198 valence electrons. The van der Waals surface area contributed by atoms with Gasteiger partial charge in [-0.15, -0.1) is 0 Å². The molecule has 0 aromatic heterocycles. The van der Waals surface area contributed by atoms with Crippen molar-refractivity contribution in [3.63, 3.8) is 0 Å². The number of hydrogen-bond donors (Lipinski definition) is 7. The topological polar surface area (TPSA) is 198 Å². The minimum Gasteiger partial charge on any atom is -0.403 e. The van der Waals surface area contributed by atoms with Crippen LogP contribution in [-0.4, -0.2) is 60.0 Å². The summed E-state index contributed by atoms with van der Waals surface area (Å²) < 4.78 is 0. The normalized spacial score (nSPS) is 12.1. The first kappa shape index (κ1) is 33.2. The molecule has 0 aromatic rings. The molecule has 3 amide bonds. The van der Waals surface area contributed by atoms with E-state index in [2.05, 4.69) is 16.0 Å². The Hall–Kier alpha value is -2.99. The summed E-state index contributed by atoms with van der Waals surface area (Å²) in [6.07, 6.45) is 4.37. The van der Waals surface area contributed by atoms with Crippen LogP contribution in [0.25, 0.3) is 0 Å². The van der Waals surface area contributed by atoms with Crippen molar-refractivity contribution in [1.29, 1.82) is 0 Å². The molecule has 0 radical (unpaired) electrons. The molecule has 0 bridgehead atoms. The summed E-state index contributed by atoms with van der Waals surface area (Å²) in [5, 5.41) is 11.1. The zero-order valence-corrected chi connectivity index (χ0v) is 21.5. The third-order valence-corrected chi connectivity index (χ3v) is 4.65. The highest BCUT2D eigenvalue weighted by Gasteiger charge is 2.21. The van der Waals surface area contributed by atoms with E-state index in [1.165, 1.54) is 16.2 Å². The number of rotatable bonds is 16. The summed E-state index contributed by atoms with van der Waals surface area (Å²) in [5.41, 5.74) is 12.6. The van der Waals surface area contributed by atoms with Crippen molar-refractivity contribution in [2.24, 2.45) is 23.2 Å². The van der Waals surface area contributed by atoms with Gasteiger partial charge in [-0.2, -0.15) is 0 Å². The molecule has 34 heavy (non-hydrogen) atoms. The first-order valence-electron chi connectivity index (χ1n) is 11.9. The molecule has 0 rings (SSSR count). The molecular weight excluding hydrogens is 438 g/mol. The van der Waals surface area contributed by atoms with Crippen LogP contribution in [0.15, 0.2) is 23.8 Å². The van der Waals surface area contributed by atoms with Gasteiger partial charge >= 0.3 is 0 Å². The van der Waals surface area contributed by atoms with Gasteiger partial charge in [-0.25, -0.2) is 11.7 Å². The Morgan fingerprint density at radius 2 is 1.53 bits per heavy atom.